The zero-order valence-electron chi connectivity index (χ0n) is 18.2. The fraction of sp³-hybridized carbons (Fsp3) is 0.250. The van der Waals surface area contributed by atoms with Gasteiger partial charge in [-0.05, 0) is 48.7 Å². The van der Waals surface area contributed by atoms with Gasteiger partial charge in [0.2, 0.25) is 5.91 Å². The Morgan fingerprint density at radius 3 is 2.48 bits per heavy atom. The van der Waals surface area contributed by atoms with E-state index < -0.39 is 5.97 Å². The van der Waals surface area contributed by atoms with Crippen molar-refractivity contribution in [3.05, 3.63) is 70.6 Å². The summed E-state index contributed by atoms with van der Waals surface area (Å²) in [7, 11) is 1.33. The average Bonchev–Trinajstić information content (AvgIpc) is 3.10. The van der Waals surface area contributed by atoms with Crippen LogP contribution in [0.2, 0.25) is 0 Å². The minimum Gasteiger partial charge on any atom is -0.465 e. The number of methoxy groups -OCH3 is 1. The first kappa shape index (κ1) is 24.5. The number of esters is 1. The molecule has 0 aromatic heterocycles. The number of carbonyl (C=O) groups excluding carboxylic acids is 3. The normalized spacial score (nSPS) is 14.5. The van der Waals surface area contributed by atoms with Gasteiger partial charge in [-0.3, -0.25) is 25.3 Å². The Kier molecular flexibility index (Phi) is 9.03. The largest absolute Gasteiger partial charge is 0.465 e. The lowest BCUT2D eigenvalue weighted by Crippen LogP contribution is -2.29. The highest BCUT2D eigenvalue weighted by atomic mass is 32.2. The molecule has 1 saturated heterocycles. The molecule has 1 aliphatic heterocycles. The number of thiocarbonyl (C=S) groups is 1. The molecule has 2 aromatic carbocycles. The Hall–Kier alpha value is -3.17. The maximum absolute atomic E-state index is 12.7. The molecule has 33 heavy (non-hydrogen) atoms. The number of hydrogen-bond acceptors (Lipinski definition) is 7. The molecule has 2 aromatic rings. The number of anilines is 1. The zero-order chi connectivity index (χ0) is 23.6. The second-order valence-corrected chi connectivity index (χ2v) is 8.97. The third kappa shape index (κ3) is 7.16. The van der Waals surface area contributed by atoms with Crippen LogP contribution in [0.3, 0.4) is 0 Å². The number of para-hydroxylation sites is 1. The zero-order valence-corrected chi connectivity index (χ0v) is 19.8. The van der Waals surface area contributed by atoms with E-state index in [1.54, 1.807) is 35.2 Å². The third-order valence-electron chi connectivity index (χ3n) is 4.91. The van der Waals surface area contributed by atoms with E-state index in [1.165, 1.54) is 18.9 Å². The minimum absolute atomic E-state index is 0.0781. The summed E-state index contributed by atoms with van der Waals surface area (Å²) in [5.41, 5.74) is 7.63. The van der Waals surface area contributed by atoms with Crippen LogP contribution in [-0.2, 0) is 14.3 Å². The number of rotatable bonds is 10. The first-order valence-electron chi connectivity index (χ1n) is 10.5. The molecular weight excluding hydrogens is 458 g/mol. The molecule has 0 bridgehead atoms. The fourth-order valence-electron chi connectivity index (χ4n) is 3.14. The molecule has 1 heterocycles. The summed E-state index contributed by atoms with van der Waals surface area (Å²) >= 11 is 6.65. The summed E-state index contributed by atoms with van der Waals surface area (Å²) in [5.74, 6) is -0.602. The Morgan fingerprint density at radius 2 is 1.79 bits per heavy atom. The van der Waals surface area contributed by atoms with E-state index in [1.807, 2.05) is 30.3 Å². The Balaban J connectivity index is 1.40. The molecule has 0 spiro atoms. The lowest BCUT2D eigenvalue weighted by molar-refractivity contribution is -0.122. The maximum Gasteiger partial charge on any atom is 0.337 e. The van der Waals surface area contributed by atoms with Crippen LogP contribution >= 0.6 is 24.0 Å². The van der Waals surface area contributed by atoms with Crippen LogP contribution < -0.4 is 10.9 Å². The number of ether oxygens (including phenoxy) is 1. The van der Waals surface area contributed by atoms with E-state index in [4.69, 9.17) is 17.0 Å². The third-order valence-corrected chi connectivity index (χ3v) is 6.29. The molecule has 1 fully saturated rings. The van der Waals surface area contributed by atoms with Crippen molar-refractivity contribution in [3.63, 3.8) is 0 Å². The quantitative estimate of drug-likeness (QED) is 0.170. The lowest BCUT2D eigenvalue weighted by Gasteiger charge is -2.14. The number of thioether (sulfide) groups is 1. The Bertz CT molecular complexity index is 1040. The molecule has 0 unspecified atom stereocenters. The highest BCUT2D eigenvalue weighted by Crippen LogP contribution is 2.32. The van der Waals surface area contributed by atoms with Crippen molar-refractivity contribution in [2.75, 3.05) is 19.1 Å². The number of unbranched alkanes of at least 4 members (excludes halogenated alkanes) is 2. The molecule has 0 atom stereocenters. The minimum atomic E-state index is -0.405. The van der Waals surface area contributed by atoms with Crippen molar-refractivity contribution in [2.24, 2.45) is 0 Å². The van der Waals surface area contributed by atoms with Crippen molar-refractivity contribution >= 4 is 57.8 Å². The first-order chi connectivity index (χ1) is 16.0. The van der Waals surface area contributed by atoms with Crippen LogP contribution in [0.25, 0.3) is 6.08 Å². The van der Waals surface area contributed by atoms with Crippen LogP contribution in [0.1, 0.15) is 41.6 Å². The van der Waals surface area contributed by atoms with Gasteiger partial charge in [0, 0.05) is 13.0 Å². The van der Waals surface area contributed by atoms with Gasteiger partial charge >= 0.3 is 5.97 Å². The van der Waals surface area contributed by atoms with Crippen molar-refractivity contribution in [3.8, 4) is 0 Å². The van der Waals surface area contributed by atoms with Crippen LogP contribution in [0.4, 0.5) is 5.69 Å². The smallest absolute Gasteiger partial charge is 0.337 e. The van der Waals surface area contributed by atoms with E-state index in [0.717, 1.165) is 30.5 Å². The second-order valence-electron chi connectivity index (χ2n) is 7.30. The van der Waals surface area contributed by atoms with Crippen molar-refractivity contribution < 1.29 is 19.1 Å². The van der Waals surface area contributed by atoms with E-state index in [2.05, 4.69) is 10.9 Å². The summed E-state index contributed by atoms with van der Waals surface area (Å²) in [6.07, 6.45) is 4.46. The van der Waals surface area contributed by atoms with E-state index >= 15 is 0 Å². The monoisotopic (exact) mass is 483 g/mol. The molecule has 9 heteroatoms. The SMILES string of the molecule is COC(=O)c1ccc(/C=C2\SC(=S)N(CCCCCC(=O)NNc3ccccc3)C2=O)cc1. The molecule has 0 aliphatic carbocycles. The van der Waals surface area contributed by atoms with Gasteiger partial charge in [0.05, 0.1) is 23.3 Å². The van der Waals surface area contributed by atoms with Crippen LogP contribution in [0.15, 0.2) is 59.5 Å². The summed E-state index contributed by atoms with van der Waals surface area (Å²) in [6, 6.07) is 16.3. The molecule has 0 saturated carbocycles. The highest BCUT2D eigenvalue weighted by molar-refractivity contribution is 8.26. The molecule has 2 amide bonds. The van der Waals surface area contributed by atoms with E-state index in [9.17, 15) is 14.4 Å². The summed E-state index contributed by atoms with van der Waals surface area (Å²) in [4.78, 5) is 38.4. The number of nitrogens with one attached hydrogen (secondary N) is 2. The van der Waals surface area contributed by atoms with E-state index in [0.29, 0.717) is 27.8 Å². The Morgan fingerprint density at radius 1 is 1.06 bits per heavy atom. The van der Waals surface area contributed by atoms with Gasteiger partial charge in [-0.25, -0.2) is 4.79 Å². The first-order valence-corrected chi connectivity index (χ1v) is 11.7. The van der Waals surface area contributed by atoms with Gasteiger partial charge < -0.3 is 4.74 Å². The van der Waals surface area contributed by atoms with Crippen LogP contribution in [0.5, 0.6) is 0 Å². The fourth-order valence-corrected chi connectivity index (χ4v) is 4.44. The topological polar surface area (TPSA) is 87.7 Å². The van der Waals surface area contributed by atoms with Crippen molar-refractivity contribution in [1.29, 1.82) is 0 Å². The van der Waals surface area contributed by atoms with Crippen LogP contribution in [0, 0.1) is 0 Å². The molecule has 172 valence electrons. The summed E-state index contributed by atoms with van der Waals surface area (Å²) in [5, 5.41) is 0. The number of nitrogens with zero attached hydrogens (tertiary/aromatic N) is 1. The number of carbonyl (C=O) groups is 3. The van der Waals surface area contributed by atoms with Crippen LogP contribution in [-0.4, -0.2) is 40.7 Å². The van der Waals surface area contributed by atoms with Gasteiger partial charge in [0.25, 0.3) is 5.91 Å². The number of amides is 2. The summed E-state index contributed by atoms with van der Waals surface area (Å²) < 4.78 is 5.22. The standard InChI is InChI=1S/C24H25N3O4S2/c1-31-23(30)18-13-11-17(12-14-18)16-20-22(29)27(24(32)33-20)15-7-3-6-10-21(28)26-25-19-8-4-2-5-9-19/h2,4-5,8-9,11-14,16,25H,3,6-7,10,15H2,1H3,(H,26,28)/b20-16-. The summed E-state index contributed by atoms with van der Waals surface area (Å²) in [6.45, 7) is 0.521. The number of benzene rings is 2. The van der Waals surface area contributed by atoms with Gasteiger partial charge in [-0.2, -0.15) is 0 Å². The van der Waals surface area contributed by atoms with E-state index in [-0.39, 0.29) is 11.8 Å². The Labute approximate surface area is 202 Å². The predicted molar refractivity (Wildman–Crippen MR) is 134 cm³/mol. The predicted octanol–water partition coefficient (Wildman–Crippen LogP) is 4.38. The molecule has 3 rings (SSSR count). The molecule has 1 aliphatic rings. The van der Waals surface area contributed by atoms with Crippen molar-refractivity contribution in [1.82, 2.24) is 10.3 Å². The van der Waals surface area contributed by atoms with Crippen molar-refractivity contribution in [2.45, 2.75) is 25.7 Å². The van der Waals surface area contributed by atoms with Gasteiger partial charge in [-0.15, -0.1) is 0 Å². The number of hydrazine groups is 1. The molecule has 2 N–H and O–H groups in total. The molecular formula is C24H25N3O4S2. The molecule has 0 radical (unpaired) electrons. The van der Waals surface area contributed by atoms with Gasteiger partial charge in [0.1, 0.15) is 4.32 Å². The lowest BCUT2D eigenvalue weighted by atomic mass is 10.1. The maximum atomic E-state index is 12.7. The number of hydrogen-bond donors (Lipinski definition) is 2. The van der Waals surface area contributed by atoms with Gasteiger partial charge in [-0.1, -0.05) is 60.7 Å². The highest BCUT2D eigenvalue weighted by Gasteiger charge is 2.31. The average molecular weight is 484 g/mol. The second kappa shape index (κ2) is 12.2. The van der Waals surface area contributed by atoms with Gasteiger partial charge in [0.15, 0.2) is 0 Å². The molecule has 7 nitrogen and oxygen atoms in total.